The molecule has 0 heterocycles. The van der Waals surface area contributed by atoms with Gasteiger partial charge in [-0.05, 0) is 43.1 Å². The molecular weight excluding hydrogens is 233 g/mol. The van der Waals surface area contributed by atoms with Crippen LogP contribution in [0.4, 0.5) is 4.39 Å². The van der Waals surface area contributed by atoms with Crippen LogP contribution in [-0.2, 0) is 0 Å². The highest BCUT2D eigenvalue weighted by molar-refractivity contribution is 9.10. The van der Waals surface area contributed by atoms with Crippen molar-refractivity contribution in [3.8, 4) is 0 Å². The van der Waals surface area contributed by atoms with Gasteiger partial charge in [-0.2, -0.15) is 0 Å². The molecule has 0 saturated carbocycles. The van der Waals surface area contributed by atoms with Gasteiger partial charge in [0.25, 0.3) is 0 Å². The Morgan fingerprint density at radius 3 is 2.77 bits per heavy atom. The van der Waals surface area contributed by atoms with Crippen molar-refractivity contribution >= 4 is 15.9 Å². The van der Waals surface area contributed by atoms with E-state index in [-0.39, 0.29) is 0 Å². The van der Waals surface area contributed by atoms with Crippen molar-refractivity contribution < 1.29 is 4.39 Å². The number of nitrogens with two attached hydrogens (primary N) is 1. The van der Waals surface area contributed by atoms with Gasteiger partial charge in [0.15, 0.2) is 0 Å². The summed E-state index contributed by atoms with van der Waals surface area (Å²) in [4.78, 5) is 0. The second kappa shape index (κ2) is 4.72. The summed E-state index contributed by atoms with van der Waals surface area (Å²) in [6.45, 7) is 2.29. The molecule has 0 saturated heterocycles. The van der Waals surface area contributed by atoms with Gasteiger partial charge in [-0.25, -0.2) is 4.39 Å². The summed E-state index contributed by atoms with van der Waals surface area (Å²) in [5.41, 5.74) is 7.01. The van der Waals surface area contributed by atoms with Crippen LogP contribution in [0.2, 0.25) is 0 Å². The zero-order valence-electron chi connectivity index (χ0n) is 7.56. The molecule has 1 atom stereocenters. The van der Waals surface area contributed by atoms with E-state index in [1.165, 1.54) is 0 Å². The average Bonchev–Trinajstić information content (AvgIpc) is 2.04. The van der Waals surface area contributed by atoms with Gasteiger partial charge in [0.05, 0.1) is 0 Å². The number of halogens is 2. The standard InChI is InChI=1S/C10H13BrFN/c1-7-6-8(11)2-3-9(7)10(12)4-5-13/h2-3,6,10H,4-5,13H2,1H3. The summed E-state index contributed by atoms with van der Waals surface area (Å²) in [6, 6.07) is 5.57. The number of rotatable bonds is 3. The summed E-state index contributed by atoms with van der Waals surface area (Å²) in [5, 5.41) is 0. The fraction of sp³-hybridized carbons (Fsp3) is 0.400. The van der Waals surface area contributed by atoms with Crippen molar-refractivity contribution in [1.82, 2.24) is 0 Å². The Bertz CT molecular complexity index is 288. The van der Waals surface area contributed by atoms with Crippen LogP contribution in [0.15, 0.2) is 22.7 Å². The smallest absolute Gasteiger partial charge is 0.127 e. The minimum atomic E-state index is -0.932. The maximum absolute atomic E-state index is 13.4. The molecular formula is C10H13BrFN. The average molecular weight is 246 g/mol. The summed E-state index contributed by atoms with van der Waals surface area (Å²) >= 11 is 3.34. The molecule has 13 heavy (non-hydrogen) atoms. The monoisotopic (exact) mass is 245 g/mol. The lowest BCUT2D eigenvalue weighted by molar-refractivity contribution is 0.326. The summed E-state index contributed by atoms with van der Waals surface area (Å²) in [7, 11) is 0. The first-order valence-corrected chi connectivity index (χ1v) is 5.04. The highest BCUT2D eigenvalue weighted by atomic mass is 79.9. The molecule has 72 valence electrons. The van der Waals surface area contributed by atoms with E-state index in [1.807, 2.05) is 19.1 Å². The number of hydrogen-bond donors (Lipinski definition) is 1. The number of benzene rings is 1. The maximum Gasteiger partial charge on any atom is 0.127 e. The molecule has 1 nitrogen and oxygen atoms in total. The molecule has 0 fully saturated rings. The lowest BCUT2D eigenvalue weighted by Crippen LogP contribution is -2.04. The van der Waals surface area contributed by atoms with Crippen LogP contribution in [0.1, 0.15) is 23.7 Å². The van der Waals surface area contributed by atoms with E-state index in [1.54, 1.807) is 6.07 Å². The van der Waals surface area contributed by atoms with Crippen LogP contribution < -0.4 is 5.73 Å². The Kier molecular flexibility index (Phi) is 3.88. The van der Waals surface area contributed by atoms with Gasteiger partial charge in [0.1, 0.15) is 6.17 Å². The van der Waals surface area contributed by atoms with E-state index in [0.29, 0.717) is 13.0 Å². The normalized spacial score (nSPS) is 12.9. The molecule has 0 bridgehead atoms. The second-order valence-corrected chi connectivity index (χ2v) is 3.96. The van der Waals surface area contributed by atoms with Crippen LogP contribution in [0.3, 0.4) is 0 Å². The summed E-state index contributed by atoms with van der Waals surface area (Å²) < 4.78 is 14.4. The Balaban J connectivity index is 2.88. The molecule has 0 aliphatic heterocycles. The van der Waals surface area contributed by atoms with E-state index in [9.17, 15) is 4.39 Å². The van der Waals surface area contributed by atoms with Crippen molar-refractivity contribution in [2.45, 2.75) is 19.5 Å². The van der Waals surface area contributed by atoms with Gasteiger partial charge >= 0.3 is 0 Å². The molecule has 0 radical (unpaired) electrons. The number of hydrogen-bond acceptors (Lipinski definition) is 1. The van der Waals surface area contributed by atoms with E-state index in [2.05, 4.69) is 15.9 Å². The minimum Gasteiger partial charge on any atom is -0.330 e. The van der Waals surface area contributed by atoms with Crippen LogP contribution in [0.5, 0.6) is 0 Å². The van der Waals surface area contributed by atoms with Crippen LogP contribution in [0.25, 0.3) is 0 Å². The predicted molar refractivity (Wildman–Crippen MR) is 56.4 cm³/mol. The largest absolute Gasteiger partial charge is 0.330 e. The minimum absolute atomic E-state index is 0.386. The van der Waals surface area contributed by atoms with E-state index < -0.39 is 6.17 Å². The molecule has 0 spiro atoms. The topological polar surface area (TPSA) is 26.0 Å². The van der Waals surface area contributed by atoms with Gasteiger partial charge in [0, 0.05) is 4.47 Å². The van der Waals surface area contributed by atoms with Crippen molar-refractivity contribution in [3.63, 3.8) is 0 Å². The molecule has 1 unspecified atom stereocenters. The van der Waals surface area contributed by atoms with Gasteiger partial charge in [-0.15, -0.1) is 0 Å². The van der Waals surface area contributed by atoms with Crippen molar-refractivity contribution in [1.29, 1.82) is 0 Å². The lowest BCUT2D eigenvalue weighted by atomic mass is 10.0. The first-order valence-electron chi connectivity index (χ1n) is 4.25. The lowest BCUT2D eigenvalue weighted by Gasteiger charge is -2.10. The highest BCUT2D eigenvalue weighted by Crippen LogP contribution is 2.26. The third kappa shape index (κ3) is 2.78. The molecule has 0 aromatic heterocycles. The van der Waals surface area contributed by atoms with Crippen molar-refractivity contribution in [3.05, 3.63) is 33.8 Å². The van der Waals surface area contributed by atoms with E-state index in [0.717, 1.165) is 15.6 Å². The zero-order chi connectivity index (χ0) is 9.84. The fourth-order valence-electron chi connectivity index (χ4n) is 1.29. The SMILES string of the molecule is Cc1cc(Br)ccc1C(F)CCN. The fourth-order valence-corrected chi connectivity index (χ4v) is 1.77. The van der Waals surface area contributed by atoms with Crippen LogP contribution in [-0.4, -0.2) is 6.54 Å². The Hall–Kier alpha value is -0.410. The van der Waals surface area contributed by atoms with Crippen LogP contribution >= 0.6 is 15.9 Å². The van der Waals surface area contributed by atoms with Gasteiger partial charge in [-0.1, -0.05) is 22.0 Å². The number of alkyl halides is 1. The molecule has 0 aliphatic carbocycles. The molecule has 0 aliphatic rings. The first-order chi connectivity index (χ1) is 6.15. The van der Waals surface area contributed by atoms with E-state index >= 15 is 0 Å². The van der Waals surface area contributed by atoms with Gasteiger partial charge in [0.2, 0.25) is 0 Å². The molecule has 3 heteroatoms. The summed E-state index contributed by atoms with van der Waals surface area (Å²) in [5.74, 6) is 0. The Labute approximate surface area is 86.3 Å². The maximum atomic E-state index is 13.4. The quantitative estimate of drug-likeness (QED) is 0.871. The first kappa shape index (κ1) is 10.7. The van der Waals surface area contributed by atoms with E-state index in [4.69, 9.17) is 5.73 Å². The second-order valence-electron chi connectivity index (χ2n) is 3.05. The van der Waals surface area contributed by atoms with Gasteiger partial charge < -0.3 is 5.73 Å². The molecule has 1 rings (SSSR count). The Morgan fingerprint density at radius 2 is 2.23 bits per heavy atom. The Morgan fingerprint density at radius 1 is 1.54 bits per heavy atom. The van der Waals surface area contributed by atoms with Crippen LogP contribution in [0, 0.1) is 6.92 Å². The predicted octanol–water partition coefficient (Wildman–Crippen LogP) is 3.12. The molecule has 1 aromatic rings. The van der Waals surface area contributed by atoms with Crippen molar-refractivity contribution in [2.75, 3.05) is 6.54 Å². The zero-order valence-corrected chi connectivity index (χ0v) is 9.14. The van der Waals surface area contributed by atoms with Crippen molar-refractivity contribution in [2.24, 2.45) is 5.73 Å². The molecule has 0 amide bonds. The third-order valence-electron chi connectivity index (χ3n) is 1.99. The van der Waals surface area contributed by atoms with Gasteiger partial charge in [-0.3, -0.25) is 0 Å². The highest BCUT2D eigenvalue weighted by Gasteiger charge is 2.10. The molecule has 2 N–H and O–H groups in total. The third-order valence-corrected chi connectivity index (χ3v) is 2.48. The molecule has 1 aromatic carbocycles. The summed E-state index contributed by atoms with van der Waals surface area (Å²) in [6.07, 6.45) is -0.541. The number of aryl methyl sites for hydroxylation is 1.